The van der Waals surface area contributed by atoms with Crippen LogP contribution >= 0.6 is 0 Å². The van der Waals surface area contributed by atoms with Crippen molar-refractivity contribution in [1.82, 2.24) is 10.2 Å². The highest BCUT2D eigenvalue weighted by molar-refractivity contribution is 5.37. The molecule has 1 aromatic carbocycles. The molecule has 0 heterocycles. The summed E-state index contributed by atoms with van der Waals surface area (Å²) in [7, 11) is 4.28. The van der Waals surface area contributed by atoms with Crippen LogP contribution in [0.4, 0.5) is 0 Å². The van der Waals surface area contributed by atoms with Gasteiger partial charge in [-0.3, -0.25) is 0 Å². The predicted octanol–water partition coefficient (Wildman–Crippen LogP) is 3.24. The van der Waals surface area contributed by atoms with E-state index in [1.165, 1.54) is 24.0 Å². The molecule has 0 saturated heterocycles. The Balaban J connectivity index is 2.06. The lowest BCUT2D eigenvalue weighted by atomic mass is 9.85. The smallest absolute Gasteiger partial charge is 0.0379 e. The number of nitrogens with zero attached hydrogens (tertiary/aromatic N) is 1. The summed E-state index contributed by atoms with van der Waals surface area (Å²) < 4.78 is 0. The van der Waals surface area contributed by atoms with Gasteiger partial charge in [-0.25, -0.2) is 0 Å². The second-order valence-electron chi connectivity index (χ2n) is 6.96. The van der Waals surface area contributed by atoms with Crippen LogP contribution in [0.15, 0.2) is 24.3 Å². The Morgan fingerprint density at radius 1 is 1.32 bits per heavy atom. The molecular weight excluding hydrogens is 232 g/mol. The topological polar surface area (TPSA) is 15.3 Å². The van der Waals surface area contributed by atoms with E-state index in [1.54, 1.807) is 0 Å². The van der Waals surface area contributed by atoms with E-state index in [-0.39, 0.29) is 0 Å². The van der Waals surface area contributed by atoms with E-state index in [0.29, 0.717) is 17.5 Å². The fourth-order valence-electron chi connectivity index (χ4n) is 3.13. The van der Waals surface area contributed by atoms with Crippen molar-refractivity contribution in [3.63, 3.8) is 0 Å². The van der Waals surface area contributed by atoms with E-state index >= 15 is 0 Å². The maximum absolute atomic E-state index is 3.85. The van der Waals surface area contributed by atoms with Crippen molar-refractivity contribution in [3.8, 4) is 0 Å². The van der Waals surface area contributed by atoms with E-state index in [2.05, 4.69) is 69.3 Å². The van der Waals surface area contributed by atoms with Crippen molar-refractivity contribution in [3.05, 3.63) is 35.4 Å². The largest absolute Gasteiger partial charge is 0.309 e. The lowest BCUT2D eigenvalue weighted by Crippen LogP contribution is -2.38. The zero-order valence-electron chi connectivity index (χ0n) is 13.0. The van der Waals surface area contributed by atoms with Crippen molar-refractivity contribution < 1.29 is 0 Å². The second-order valence-corrected chi connectivity index (χ2v) is 6.96. The average molecular weight is 260 g/mol. The third-order valence-corrected chi connectivity index (χ3v) is 4.25. The fourth-order valence-corrected chi connectivity index (χ4v) is 3.13. The molecule has 2 unspecified atom stereocenters. The maximum Gasteiger partial charge on any atom is 0.0379 e. The van der Waals surface area contributed by atoms with Crippen LogP contribution in [0.25, 0.3) is 0 Å². The zero-order valence-corrected chi connectivity index (χ0v) is 13.0. The normalized spacial score (nSPS) is 22.5. The van der Waals surface area contributed by atoms with E-state index in [9.17, 15) is 0 Å². The van der Waals surface area contributed by atoms with Gasteiger partial charge in [-0.15, -0.1) is 0 Å². The van der Waals surface area contributed by atoms with Crippen LogP contribution in [0.1, 0.15) is 44.4 Å². The van der Waals surface area contributed by atoms with Gasteiger partial charge in [0.25, 0.3) is 0 Å². The number of nitrogens with one attached hydrogen (secondary N) is 1. The summed E-state index contributed by atoms with van der Waals surface area (Å²) in [6.07, 6.45) is 2.38. The van der Waals surface area contributed by atoms with Crippen molar-refractivity contribution in [1.29, 1.82) is 0 Å². The van der Waals surface area contributed by atoms with Gasteiger partial charge in [-0.05, 0) is 56.9 Å². The Morgan fingerprint density at radius 3 is 2.68 bits per heavy atom. The molecule has 1 aliphatic carbocycles. The molecule has 0 aliphatic heterocycles. The number of fused-ring (bicyclic) bond motifs is 1. The summed E-state index contributed by atoms with van der Waals surface area (Å²) >= 11 is 0. The Bertz CT molecular complexity index is 423. The summed E-state index contributed by atoms with van der Waals surface area (Å²) in [5, 5.41) is 3.85. The van der Waals surface area contributed by atoms with Gasteiger partial charge < -0.3 is 10.2 Å². The molecular formula is C17H28N2. The van der Waals surface area contributed by atoms with E-state index in [1.807, 2.05) is 0 Å². The second kappa shape index (κ2) is 5.64. The average Bonchev–Trinajstić information content (AvgIpc) is 2.58. The molecule has 1 N–H and O–H groups in total. The van der Waals surface area contributed by atoms with Crippen LogP contribution in [0.5, 0.6) is 0 Å². The minimum atomic E-state index is 0.316. The van der Waals surface area contributed by atoms with Gasteiger partial charge in [0.2, 0.25) is 0 Å². The van der Waals surface area contributed by atoms with Crippen molar-refractivity contribution in [2.75, 3.05) is 20.6 Å². The first-order valence-corrected chi connectivity index (χ1v) is 7.39. The molecule has 0 saturated carbocycles. The molecule has 2 rings (SSSR count). The van der Waals surface area contributed by atoms with Crippen LogP contribution in [-0.2, 0) is 6.42 Å². The molecule has 106 valence electrons. The highest BCUT2D eigenvalue weighted by atomic mass is 15.1. The standard InChI is InChI=1S/C17H28N2/c1-13(10-11-19(4)5)18-16-15-9-7-6-8-14(15)12-17(16,2)3/h6-9,13,16,18H,10-12H2,1-5H3. The molecule has 0 fully saturated rings. The molecule has 0 aromatic heterocycles. The van der Waals surface area contributed by atoms with Crippen molar-refractivity contribution in [2.45, 2.75) is 45.7 Å². The molecule has 0 spiro atoms. The first-order valence-electron chi connectivity index (χ1n) is 7.39. The number of hydrogen-bond acceptors (Lipinski definition) is 2. The number of benzene rings is 1. The lowest BCUT2D eigenvalue weighted by molar-refractivity contribution is 0.241. The minimum absolute atomic E-state index is 0.316. The first kappa shape index (κ1) is 14.5. The third-order valence-electron chi connectivity index (χ3n) is 4.25. The van der Waals surface area contributed by atoms with Crippen LogP contribution in [0.2, 0.25) is 0 Å². The van der Waals surface area contributed by atoms with Gasteiger partial charge in [0.1, 0.15) is 0 Å². The van der Waals surface area contributed by atoms with Gasteiger partial charge in [0.15, 0.2) is 0 Å². The highest BCUT2D eigenvalue weighted by Gasteiger charge is 2.38. The summed E-state index contributed by atoms with van der Waals surface area (Å²) in [6, 6.07) is 9.94. The molecule has 2 atom stereocenters. The maximum atomic E-state index is 3.85. The van der Waals surface area contributed by atoms with Gasteiger partial charge in [-0.1, -0.05) is 38.1 Å². The van der Waals surface area contributed by atoms with Gasteiger partial charge in [0.05, 0.1) is 0 Å². The Morgan fingerprint density at radius 2 is 2.00 bits per heavy atom. The van der Waals surface area contributed by atoms with E-state index < -0.39 is 0 Å². The van der Waals surface area contributed by atoms with Crippen LogP contribution < -0.4 is 5.32 Å². The summed E-state index contributed by atoms with van der Waals surface area (Å²) in [4.78, 5) is 2.26. The van der Waals surface area contributed by atoms with Crippen LogP contribution in [0, 0.1) is 5.41 Å². The predicted molar refractivity (Wildman–Crippen MR) is 82.4 cm³/mol. The van der Waals surface area contributed by atoms with Crippen LogP contribution in [0.3, 0.4) is 0 Å². The monoisotopic (exact) mass is 260 g/mol. The molecule has 19 heavy (non-hydrogen) atoms. The van der Waals surface area contributed by atoms with Gasteiger partial charge in [-0.2, -0.15) is 0 Å². The van der Waals surface area contributed by atoms with E-state index in [0.717, 1.165) is 6.54 Å². The van der Waals surface area contributed by atoms with Gasteiger partial charge >= 0.3 is 0 Å². The first-order chi connectivity index (χ1) is 8.90. The molecule has 2 nitrogen and oxygen atoms in total. The summed E-state index contributed by atoms with van der Waals surface area (Å²) in [5.74, 6) is 0. The summed E-state index contributed by atoms with van der Waals surface area (Å²) in [5.41, 5.74) is 3.34. The molecule has 0 radical (unpaired) electrons. The van der Waals surface area contributed by atoms with Crippen LogP contribution in [-0.4, -0.2) is 31.6 Å². The minimum Gasteiger partial charge on any atom is -0.309 e. The molecule has 0 amide bonds. The molecule has 0 bridgehead atoms. The Labute approximate surface area is 118 Å². The molecule has 1 aromatic rings. The Kier molecular flexibility index (Phi) is 4.32. The number of rotatable bonds is 5. The SMILES string of the molecule is CC(CCN(C)C)NC1c2ccccc2CC1(C)C. The van der Waals surface area contributed by atoms with E-state index in [4.69, 9.17) is 0 Å². The molecule has 1 aliphatic rings. The quantitative estimate of drug-likeness (QED) is 0.874. The van der Waals surface area contributed by atoms with Crippen molar-refractivity contribution >= 4 is 0 Å². The Hall–Kier alpha value is -0.860. The number of hydrogen-bond donors (Lipinski definition) is 1. The highest BCUT2D eigenvalue weighted by Crippen LogP contribution is 2.45. The summed E-state index contributed by atoms with van der Waals surface area (Å²) in [6.45, 7) is 8.20. The fraction of sp³-hybridized carbons (Fsp3) is 0.647. The molecule has 2 heteroatoms. The zero-order chi connectivity index (χ0) is 14.0. The van der Waals surface area contributed by atoms with Gasteiger partial charge in [0, 0.05) is 12.1 Å². The van der Waals surface area contributed by atoms with Crippen molar-refractivity contribution in [2.24, 2.45) is 5.41 Å². The third kappa shape index (κ3) is 3.37. The lowest BCUT2D eigenvalue weighted by Gasteiger charge is -2.32.